The molecule has 8 heteroatoms. The van der Waals surface area contributed by atoms with Crippen molar-refractivity contribution in [3.8, 4) is 0 Å². The van der Waals surface area contributed by atoms with Gasteiger partial charge in [0, 0.05) is 11.8 Å². The highest BCUT2D eigenvalue weighted by atomic mass is 19.1. The third-order valence-corrected chi connectivity index (χ3v) is 1.59. The van der Waals surface area contributed by atoms with Gasteiger partial charge in [-0.05, 0) is 12.1 Å². The van der Waals surface area contributed by atoms with Gasteiger partial charge in [0.2, 0.25) is 5.82 Å². The molecule has 1 aromatic rings. The molecule has 16 heavy (non-hydrogen) atoms. The number of hydrogen-bond acceptors (Lipinski definition) is 5. The van der Waals surface area contributed by atoms with E-state index in [-0.39, 0.29) is 5.69 Å². The van der Waals surface area contributed by atoms with Gasteiger partial charge in [0.1, 0.15) is 6.21 Å². The fourth-order valence-corrected chi connectivity index (χ4v) is 0.957. The molecule has 0 aliphatic carbocycles. The number of hydrogen-bond donors (Lipinski definition) is 2. The normalized spacial score (nSPS) is 10.3. The monoisotopic (exact) mass is 227 g/mol. The summed E-state index contributed by atoms with van der Waals surface area (Å²) in [4.78, 5) is 20.4. The number of amides is 1. The Kier molecular flexibility index (Phi) is 3.49. The maximum absolute atomic E-state index is 12.9. The van der Waals surface area contributed by atoms with E-state index >= 15 is 0 Å². The molecule has 0 aromatic heterocycles. The van der Waals surface area contributed by atoms with E-state index in [2.05, 4.69) is 10.5 Å². The van der Waals surface area contributed by atoms with Crippen LogP contribution in [0.15, 0.2) is 23.4 Å². The van der Waals surface area contributed by atoms with Crippen LogP contribution in [-0.4, -0.2) is 22.3 Å². The highest BCUT2D eigenvalue weighted by Gasteiger charge is 2.14. The minimum absolute atomic E-state index is 0.0259. The molecule has 1 amide bonds. The van der Waals surface area contributed by atoms with Gasteiger partial charge >= 0.3 is 5.69 Å². The van der Waals surface area contributed by atoms with Crippen molar-refractivity contribution in [3.05, 3.63) is 34.1 Å². The van der Waals surface area contributed by atoms with E-state index in [0.29, 0.717) is 6.21 Å². The Bertz CT molecular complexity index is 461. The van der Waals surface area contributed by atoms with Gasteiger partial charge in [0.25, 0.3) is 5.91 Å². The first-order valence-corrected chi connectivity index (χ1v) is 3.97. The second-order valence-corrected chi connectivity index (χ2v) is 2.66. The summed E-state index contributed by atoms with van der Waals surface area (Å²) in [5, 5.41) is 23.0. The molecule has 84 valence electrons. The van der Waals surface area contributed by atoms with Crippen molar-refractivity contribution < 1.29 is 19.3 Å². The summed E-state index contributed by atoms with van der Waals surface area (Å²) in [6.45, 7) is 0. The molecule has 0 unspecified atom stereocenters. The van der Waals surface area contributed by atoms with Gasteiger partial charge in [0.15, 0.2) is 0 Å². The summed E-state index contributed by atoms with van der Waals surface area (Å²) in [5.74, 6) is -1.79. The highest BCUT2D eigenvalue weighted by Crippen LogP contribution is 2.21. The predicted octanol–water partition coefficient (Wildman–Crippen LogP) is 1.13. The van der Waals surface area contributed by atoms with Crippen molar-refractivity contribution in [2.75, 3.05) is 5.32 Å². The zero-order chi connectivity index (χ0) is 12.1. The van der Waals surface area contributed by atoms with Crippen molar-refractivity contribution in [2.45, 2.75) is 0 Å². The van der Waals surface area contributed by atoms with E-state index in [1.54, 1.807) is 0 Å². The molecule has 0 aliphatic heterocycles. The Balaban J connectivity index is 2.95. The van der Waals surface area contributed by atoms with Crippen LogP contribution >= 0.6 is 0 Å². The first-order chi connectivity index (χ1) is 7.54. The summed E-state index contributed by atoms with van der Waals surface area (Å²) in [6, 6.07) is 2.85. The largest absolute Gasteiger partial charge is 0.411 e. The average Bonchev–Trinajstić information content (AvgIpc) is 2.21. The van der Waals surface area contributed by atoms with Crippen LogP contribution in [-0.2, 0) is 4.79 Å². The molecular formula is C8H6FN3O4. The first-order valence-electron chi connectivity index (χ1n) is 3.97. The summed E-state index contributed by atoms with van der Waals surface area (Å²) in [6.07, 6.45) is 0.565. The highest BCUT2D eigenvalue weighted by molar-refractivity contribution is 6.31. The second-order valence-electron chi connectivity index (χ2n) is 2.66. The Morgan fingerprint density at radius 1 is 1.62 bits per heavy atom. The lowest BCUT2D eigenvalue weighted by atomic mass is 10.2. The van der Waals surface area contributed by atoms with Crippen LogP contribution < -0.4 is 5.32 Å². The lowest BCUT2D eigenvalue weighted by Crippen LogP contribution is -2.12. The van der Waals surface area contributed by atoms with Crippen LogP contribution in [0.2, 0.25) is 0 Å². The van der Waals surface area contributed by atoms with E-state index in [4.69, 9.17) is 5.21 Å². The quantitative estimate of drug-likeness (QED) is 0.349. The van der Waals surface area contributed by atoms with Gasteiger partial charge in [-0.1, -0.05) is 5.16 Å². The minimum atomic E-state index is -1.00. The van der Waals surface area contributed by atoms with Gasteiger partial charge in [-0.25, -0.2) is 0 Å². The molecule has 2 N–H and O–H groups in total. The number of carbonyl (C=O) groups excluding carboxylic acids is 1. The van der Waals surface area contributed by atoms with E-state index in [1.807, 2.05) is 0 Å². The molecule has 0 bridgehead atoms. The van der Waals surface area contributed by atoms with Gasteiger partial charge in [0.05, 0.1) is 4.92 Å². The van der Waals surface area contributed by atoms with E-state index in [0.717, 1.165) is 18.2 Å². The number of rotatable bonds is 3. The number of oxime groups is 1. The Morgan fingerprint density at radius 3 is 2.88 bits per heavy atom. The van der Waals surface area contributed by atoms with Gasteiger partial charge in [-0.2, -0.15) is 4.39 Å². The number of anilines is 1. The summed E-state index contributed by atoms with van der Waals surface area (Å²) in [5.41, 5.74) is -0.725. The number of nitrogens with zero attached hydrogens (tertiary/aromatic N) is 2. The lowest BCUT2D eigenvalue weighted by Gasteiger charge is -2.01. The van der Waals surface area contributed by atoms with Crippen LogP contribution in [0.3, 0.4) is 0 Å². The average molecular weight is 227 g/mol. The number of carbonyl (C=O) groups is 1. The third-order valence-electron chi connectivity index (χ3n) is 1.59. The third kappa shape index (κ3) is 2.74. The molecule has 0 saturated heterocycles. The predicted molar refractivity (Wildman–Crippen MR) is 52.0 cm³/mol. The van der Waals surface area contributed by atoms with Crippen molar-refractivity contribution in [1.82, 2.24) is 0 Å². The fraction of sp³-hybridized carbons (Fsp3) is 0. The van der Waals surface area contributed by atoms with Gasteiger partial charge in [-0.15, -0.1) is 0 Å². The second kappa shape index (κ2) is 4.82. The first kappa shape index (κ1) is 11.6. The SMILES string of the molecule is O=C(/C=N/O)Nc1ccc(F)c([N+](=O)[O-])c1. The summed E-state index contributed by atoms with van der Waals surface area (Å²) < 4.78 is 12.9. The van der Waals surface area contributed by atoms with Crippen molar-refractivity contribution >= 4 is 23.5 Å². The fourth-order valence-electron chi connectivity index (χ4n) is 0.957. The Labute approximate surface area is 88.3 Å². The van der Waals surface area contributed by atoms with E-state index < -0.39 is 22.3 Å². The van der Waals surface area contributed by atoms with Crippen LogP contribution in [0.25, 0.3) is 0 Å². The molecule has 0 fully saturated rings. The van der Waals surface area contributed by atoms with Crippen LogP contribution in [0.4, 0.5) is 15.8 Å². The minimum Gasteiger partial charge on any atom is -0.411 e. The number of nitro benzene ring substituents is 1. The maximum Gasteiger partial charge on any atom is 0.306 e. The van der Waals surface area contributed by atoms with Crippen molar-refractivity contribution in [1.29, 1.82) is 0 Å². The standard InChI is InChI=1S/C8H6FN3O4/c9-6-2-1-5(3-7(6)12(15)16)11-8(13)4-10-14/h1-4,14H,(H,11,13)/b10-4+. The zero-order valence-electron chi connectivity index (χ0n) is 7.75. The smallest absolute Gasteiger partial charge is 0.306 e. The van der Waals surface area contributed by atoms with Crippen molar-refractivity contribution in [2.24, 2.45) is 5.16 Å². The molecule has 0 heterocycles. The Morgan fingerprint density at radius 2 is 2.31 bits per heavy atom. The number of nitro groups is 1. The molecule has 0 aliphatic rings. The number of nitrogens with one attached hydrogen (secondary N) is 1. The summed E-state index contributed by atoms with van der Waals surface area (Å²) >= 11 is 0. The maximum atomic E-state index is 12.9. The molecule has 1 aromatic carbocycles. The van der Waals surface area contributed by atoms with Crippen LogP contribution in [0.1, 0.15) is 0 Å². The van der Waals surface area contributed by atoms with E-state index in [1.165, 1.54) is 0 Å². The van der Waals surface area contributed by atoms with Gasteiger partial charge < -0.3 is 10.5 Å². The topological polar surface area (TPSA) is 105 Å². The molecule has 0 spiro atoms. The van der Waals surface area contributed by atoms with Crippen LogP contribution in [0, 0.1) is 15.9 Å². The molecule has 0 atom stereocenters. The van der Waals surface area contributed by atoms with Crippen LogP contribution in [0.5, 0.6) is 0 Å². The summed E-state index contributed by atoms with van der Waals surface area (Å²) in [7, 11) is 0. The molecule has 1 rings (SSSR count). The van der Waals surface area contributed by atoms with Gasteiger partial charge in [-0.3, -0.25) is 14.9 Å². The Hall–Kier alpha value is -2.51. The number of halogens is 1. The molecule has 7 nitrogen and oxygen atoms in total. The van der Waals surface area contributed by atoms with E-state index in [9.17, 15) is 19.3 Å². The lowest BCUT2D eigenvalue weighted by molar-refractivity contribution is -0.387. The van der Waals surface area contributed by atoms with Crippen molar-refractivity contribution in [3.63, 3.8) is 0 Å². The molecule has 0 saturated carbocycles. The molecule has 0 radical (unpaired) electrons. The molecular weight excluding hydrogens is 221 g/mol. The zero-order valence-corrected chi connectivity index (χ0v) is 7.75. The number of benzene rings is 1.